The van der Waals surface area contributed by atoms with E-state index in [0.29, 0.717) is 0 Å². The number of hydrogen-bond donors (Lipinski definition) is 1. The van der Waals surface area contributed by atoms with Crippen molar-refractivity contribution in [3.8, 4) is 0 Å². The molecule has 1 aromatic rings. The summed E-state index contributed by atoms with van der Waals surface area (Å²) in [4.78, 5) is 3.99. The largest absolute Gasteiger partial charge is 0.390 e. The zero-order chi connectivity index (χ0) is 11.1. The van der Waals surface area contributed by atoms with Crippen molar-refractivity contribution < 1.29 is 5.11 Å². The van der Waals surface area contributed by atoms with Gasteiger partial charge in [0.1, 0.15) is 0 Å². The van der Waals surface area contributed by atoms with E-state index in [4.69, 9.17) is 0 Å². The van der Waals surface area contributed by atoms with Crippen LogP contribution in [0.4, 0.5) is 0 Å². The van der Waals surface area contributed by atoms with Crippen LogP contribution in [0.5, 0.6) is 0 Å². The van der Waals surface area contributed by atoms with Crippen LogP contribution in [0.3, 0.4) is 0 Å². The molecule has 0 fully saturated rings. The summed E-state index contributed by atoms with van der Waals surface area (Å²) >= 11 is 0. The molecule has 0 amide bonds. The number of rotatable bonds is 6. The molecule has 1 aromatic heterocycles. The summed E-state index contributed by atoms with van der Waals surface area (Å²) < 4.78 is 0. The van der Waals surface area contributed by atoms with Crippen molar-refractivity contribution in [1.82, 2.24) is 4.98 Å². The summed E-state index contributed by atoms with van der Waals surface area (Å²) in [5.74, 6) is 0. The van der Waals surface area contributed by atoms with Crippen molar-refractivity contribution in [2.24, 2.45) is 0 Å². The highest BCUT2D eigenvalue weighted by Gasteiger charge is 2.24. The maximum Gasteiger partial charge on any atom is 0.0687 e. The number of hydrogen-bond acceptors (Lipinski definition) is 2. The predicted molar refractivity (Wildman–Crippen MR) is 62.7 cm³/mol. The van der Waals surface area contributed by atoms with E-state index >= 15 is 0 Å². The van der Waals surface area contributed by atoms with Gasteiger partial charge in [-0.15, -0.1) is 0 Å². The Balaban J connectivity index is 2.66. The Labute approximate surface area is 92.4 Å². The van der Waals surface area contributed by atoms with Crippen LogP contribution in [0, 0.1) is 0 Å². The summed E-state index contributed by atoms with van der Waals surface area (Å²) in [6.07, 6.45) is 8.13. The van der Waals surface area contributed by atoms with Crippen LogP contribution < -0.4 is 0 Å². The Morgan fingerprint density at radius 3 is 2.13 bits per heavy atom. The maximum absolute atomic E-state index is 10.4. The van der Waals surface area contributed by atoms with Crippen LogP contribution >= 0.6 is 0 Å². The van der Waals surface area contributed by atoms with Crippen LogP contribution in [0.1, 0.15) is 45.1 Å². The molecule has 0 radical (unpaired) electrons. The minimum absolute atomic E-state index is 0.523. The number of nitrogens with zero attached hydrogens (tertiary/aromatic N) is 1. The molecule has 0 aliphatic carbocycles. The Morgan fingerprint density at radius 1 is 1.13 bits per heavy atom. The van der Waals surface area contributed by atoms with Gasteiger partial charge in [-0.2, -0.15) is 0 Å². The molecule has 0 spiro atoms. The molecule has 0 atom stereocenters. The van der Waals surface area contributed by atoms with Gasteiger partial charge in [0.15, 0.2) is 0 Å². The van der Waals surface area contributed by atoms with Crippen molar-refractivity contribution in [2.45, 2.75) is 51.6 Å². The van der Waals surface area contributed by atoms with E-state index in [1.165, 1.54) is 5.56 Å². The zero-order valence-electron chi connectivity index (χ0n) is 9.74. The first-order chi connectivity index (χ1) is 7.20. The molecule has 15 heavy (non-hydrogen) atoms. The molecule has 2 nitrogen and oxygen atoms in total. The first-order valence-electron chi connectivity index (χ1n) is 5.81. The van der Waals surface area contributed by atoms with Crippen molar-refractivity contribution >= 4 is 0 Å². The SMILES string of the molecule is CCCC(O)(CCC)Cc1ccncc1. The second kappa shape index (κ2) is 5.86. The highest BCUT2D eigenvalue weighted by Crippen LogP contribution is 2.24. The monoisotopic (exact) mass is 207 g/mol. The van der Waals surface area contributed by atoms with E-state index in [-0.39, 0.29) is 0 Å². The topological polar surface area (TPSA) is 33.1 Å². The van der Waals surface area contributed by atoms with Gasteiger partial charge in [0.25, 0.3) is 0 Å². The lowest BCUT2D eigenvalue weighted by Gasteiger charge is -2.27. The fourth-order valence-electron chi connectivity index (χ4n) is 2.11. The summed E-state index contributed by atoms with van der Waals surface area (Å²) in [5.41, 5.74) is 0.652. The normalized spacial score (nSPS) is 11.7. The van der Waals surface area contributed by atoms with E-state index in [1.807, 2.05) is 12.1 Å². The minimum atomic E-state index is -0.523. The van der Waals surface area contributed by atoms with Crippen LogP contribution in [-0.4, -0.2) is 15.7 Å². The summed E-state index contributed by atoms with van der Waals surface area (Å²) in [7, 11) is 0. The summed E-state index contributed by atoms with van der Waals surface area (Å²) in [5, 5.41) is 10.4. The van der Waals surface area contributed by atoms with Crippen LogP contribution in [0.15, 0.2) is 24.5 Å². The molecular weight excluding hydrogens is 186 g/mol. The molecule has 1 heterocycles. The van der Waals surface area contributed by atoms with E-state index in [1.54, 1.807) is 12.4 Å². The van der Waals surface area contributed by atoms with Crippen molar-refractivity contribution in [3.05, 3.63) is 30.1 Å². The van der Waals surface area contributed by atoms with E-state index in [2.05, 4.69) is 18.8 Å². The lowest BCUT2D eigenvalue weighted by molar-refractivity contribution is 0.0216. The van der Waals surface area contributed by atoms with E-state index < -0.39 is 5.60 Å². The Kier molecular flexibility index (Phi) is 4.76. The van der Waals surface area contributed by atoms with Gasteiger partial charge in [-0.05, 0) is 30.5 Å². The lowest BCUT2D eigenvalue weighted by atomic mass is 9.86. The third-order valence-corrected chi connectivity index (χ3v) is 2.71. The number of aliphatic hydroxyl groups is 1. The molecule has 0 bridgehead atoms. The second-order valence-electron chi connectivity index (χ2n) is 4.26. The summed E-state index contributed by atoms with van der Waals surface area (Å²) in [6, 6.07) is 3.96. The standard InChI is InChI=1S/C13H21NO/c1-3-7-13(15,8-4-2)11-12-5-9-14-10-6-12/h5-6,9-10,15H,3-4,7-8,11H2,1-2H3. The predicted octanol–water partition coefficient (Wildman–Crippen LogP) is 2.96. The first kappa shape index (κ1) is 12.2. The molecular formula is C13H21NO. The molecule has 0 aliphatic heterocycles. The Morgan fingerprint density at radius 2 is 1.67 bits per heavy atom. The zero-order valence-corrected chi connectivity index (χ0v) is 9.74. The molecule has 1 N–H and O–H groups in total. The maximum atomic E-state index is 10.4. The molecule has 84 valence electrons. The molecule has 1 rings (SSSR count). The Hall–Kier alpha value is -0.890. The van der Waals surface area contributed by atoms with Gasteiger partial charge in [0.2, 0.25) is 0 Å². The lowest BCUT2D eigenvalue weighted by Crippen LogP contribution is -2.31. The average Bonchev–Trinajstić information content (AvgIpc) is 2.19. The highest BCUT2D eigenvalue weighted by molar-refractivity contribution is 5.12. The highest BCUT2D eigenvalue weighted by atomic mass is 16.3. The molecule has 0 saturated heterocycles. The second-order valence-corrected chi connectivity index (χ2v) is 4.26. The quantitative estimate of drug-likeness (QED) is 0.778. The first-order valence-corrected chi connectivity index (χ1v) is 5.81. The van der Waals surface area contributed by atoms with Gasteiger partial charge in [0, 0.05) is 18.8 Å². The molecule has 0 saturated carbocycles. The fraction of sp³-hybridized carbons (Fsp3) is 0.615. The van der Waals surface area contributed by atoms with Crippen molar-refractivity contribution in [3.63, 3.8) is 0 Å². The molecule has 0 unspecified atom stereocenters. The van der Waals surface area contributed by atoms with Gasteiger partial charge >= 0.3 is 0 Å². The third-order valence-electron chi connectivity index (χ3n) is 2.71. The van der Waals surface area contributed by atoms with E-state index in [0.717, 1.165) is 32.1 Å². The van der Waals surface area contributed by atoms with Crippen molar-refractivity contribution in [1.29, 1.82) is 0 Å². The summed E-state index contributed by atoms with van der Waals surface area (Å²) in [6.45, 7) is 4.24. The van der Waals surface area contributed by atoms with Gasteiger partial charge in [-0.3, -0.25) is 4.98 Å². The molecule has 0 aromatic carbocycles. The van der Waals surface area contributed by atoms with Crippen LogP contribution in [0.2, 0.25) is 0 Å². The van der Waals surface area contributed by atoms with Gasteiger partial charge in [-0.1, -0.05) is 26.7 Å². The third kappa shape index (κ3) is 4.00. The smallest absolute Gasteiger partial charge is 0.0687 e. The average molecular weight is 207 g/mol. The number of aromatic nitrogens is 1. The minimum Gasteiger partial charge on any atom is -0.390 e. The van der Waals surface area contributed by atoms with Crippen LogP contribution in [-0.2, 0) is 6.42 Å². The van der Waals surface area contributed by atoms with Gasteiger partial charge in [0.05, 0.1) is 5.60 Å². The fourth-order valence-corrected chi connectivity index (χ4v) is 2.11. The van der Waals surface area contributed by atoms with Gasteiger partial charge < -0.3 is 5.11 Å². The number of pyridine rings is 1. The Bertz CT molecular complexity index is 265. The van der Waals surface area contributed by atoms with Crippen molar-refractivity contribution in [2.75, 3.05) is 0 Å². The molecule has 2 heteroatoms. The van der Waals surface area contributed by atoms with Crippen LogP contribution in [0.25, 0.3) is 0 Å². The van der Waals surface area contributed by atoms with Gasteiger partial charge in [-0.25, -0.2) is 0 Å². The molecule has 0 aliphatic rings. The van der Waals surface area contributed by atoms with E-state index in [9.17, 15) is 5.11 Å².